The molecule has 2 aromatic rings. The van der Waals surface area contributed by atoms with Crippen molar-refractivity contribution in [2.45, 2.75) is 6.42 Å². The molecule has 0 bridgehead atoms. The number of methoxy groups -OCH3 is 1. The molecule has 0 fully saturated rings. The molecule has 0 saturated carbocycles. The van der Waals surface area contributed by atoms with E-state index < -0.39 is 0 Å². The van der Waals surface area contributed by atoms with Gasteiger partial charge in [0.1, 0.15) is 5.75 Å². The monoisotopic (exact) mass is 246 g/mol. The number of benzene rings is 1. The summed E-state index contributed by atoms with van der Waals surface area (Å²) in [6.45, 7) is 1.56. The van der Waals surface area contributed by atoms with Crippen LogP contribution in [0.2, 0.25) is 0 Å². The number of nitrogens with one attached hydrogen (secondary N) is 1. The molecule has 0 atom stereocenters. The van der Waals surface area contributed by atoms with E-state index >= 15 is 0 Å². The van der Waals surface area contributed by atoms with Crippen molar-refractivity contribution in [2.75, 3.05) is 25.5 Å². The van der Waals surface area contributed by atoms with E-state index in [0.717, 1.165) is 30.1 Å². The van der Waals surface area contributed by atoms with Crippen molar-refractivity contribution in [3.05, 3.63) is 36.7 Å². The van der Waals surface area contributed by atoms with E-state index in [-0.39, 0.29) is 0 Å². The van der Waals surface area contributed by atoms with Crippen LogP contribution in [0.15, 0.2) is 36.7 Å². The number of rotatable bonds is 6. The Balaban J connectivity index is 2.04. The summed E-state index contributed by atoms with van der Waals surface area (Å²) in [4.78, 5) is 0. The molecular weight excluding hydrogens is 228 g/mol. The summed E-state index contributed by atoms with van der Waals surface area (Å²) in [7, 11) is 1.66. The molecule has 0 saturated heterocycles. The maximum atomic E-state index is 5.44. The Hall–Kier alpha value is -2.01. The van der Waals surface area contributed by atoms with Gasteiger partial charge in [-0.2, -0.15) is 5.10 Å². The molecule has 0 aliphatic heterocycles. The summed E-state index contributed by atoms with van der Waals surface area (Å²) in [5, 5.41) is 7.57. The topological polar surface area (TPSA) is 65.1 Å². The minimum Gasteiger partial charge on any atom is -0.497 e. The maximum Gasteiger partial charge on any atom is 0.119 e. The van der Waals surface area contributed by atoms with Crippen LogP contribution in [0.5, 0.6) is 5.75 Å². The third kappa shape index (κ3) is 3.01. The van der Waals surface area contributed by atoms with Crippen LogP contribution in [0, 0.1) is 0 Å². The van der Waals surface area contributed by atoms with Gasteiger partial charge in [0.2, 0.25) is 0 Å². The fraction of sp³-hybridized carbons (Fsp3) is 0.308. The van der Waals surface area contributed by atoms with Crippen LogP contribution < -0.4 is 15.8 Å². The Kier molecular flexibility index (Phi) is 4.20. The molecule has 1 aromatic heterocycles. The van der Waals surface area contributed by atoms with Crippen LogP contribution in [0.25, 0.3) is 5.69 Å². The zero-order valence-electron chi connectivity index (χ0n) is 10.5. The third-order valence-corrected chi connectivity index (χ3v) is 2.63. The van der Waals surface area contributed by atoms with E-state index in [1.165, 1.54) is 0 Å². The maximum absolute atomic E-state index is 5.44. The Morgan fingerprint density at radius 3 is 2.78 bits per heavy atom. The summed E-state index contributed by atoms with van der Waals surface area (Å²) >= 11 is 0. The van der Waals surface area contributed by atoms with Crippen LogP contribution in [0.4, 0.5) is 5.69 Å². The van der Waals surface area contributed by atoms with Crippen LogP contribution >= 0.6 is 0 Å². The van der Waals surface area contributed by atoms with Crippen molar-refractivity contribution in [3.63, 3.8) is 0 Å². The predicted octanol–water partition coefficient (Wildman–Crippen LogP) is 1.64. The van der Waals surface area contributed by atoms with Gasteiger partial charge in [-0.05, 0) is 37.2 Å². The highest BCUT2D eigenvalue weighted by molar-refractivity contribution is 5.43. The highest BCUT2D eigenvalue weighted by atomic mass is 16.5. The van der Waals surface area contributed by atoms with Gasteiger partial charge < -0.3 is 15.8 Å². The lowest BCUT2D eigenvalue weighted by atomic mass is 10.3. The Bertz CT molecular complexity index is 478. The van der Waals surface area contributed by atoms with Crippen molar-refractivity contribution in [1.29, 1.82) is 0 Å². The van der Waals surface area contributed by atoms with E-state index in [0.29, 0.717) is 6.54 Å². The summed E-state index contributed by atoms with van der Waals surface area (Å²) in [5.74, 6) is 0.840. The smallest absolute Gasteiger partial charge is 0.119 e. The number of hydrogen-bond acceptors (Lipinski definition) is 4. The SMILES string of the molecule is COc1ccc(-n2cc(NCCCN)cn2)cc1. The lowest BCUT2D eigenvalue weighted by Gasteiger charge is -2.03. The largest absolute Gasteiger partial charge is 0.497 e. The lowest BCUT2D eigenvalue weighted by molar-refractivity contribution is 0.414. The zero-order chi connectivity index (χ0) is 12.8. The van der Waals surface area contributed by atoms with Crippen LogP contribution in [0.1, 0.15) is 6.42 Å². The quantitative estimate of drug-likeness (QED) is 0.760. The minimum atomic E-state index is 0.694. The van der Waals surface area contributed by atoms with Gasteiger partial charge in [0.25, 0.3) is 0 Å². The van der Waals surface area contributed by atoms with Crippen LogP contribution in [-0.4, -0.2) is 30.0 Å². The van der Waals surface area contributed by atoms with E-state index in [4.69, 9.17) is 10.5 Å². The van der Waals surface area contributed by atoms with Crippen LogP contribution in [0.3, 0.4) is 0 Å². The predicted molar refractivity (Wildman–Crippen MR) is 72.3 cm³/mol. The second-order valence-corrected chi connectivity index (χ2v) is 3.94. The molecule has 0 spiro atoms. The van der Waals surface area contributed by atoms with Crippen molar-refractivity contribution in [2.24, 2.45) is 5.73 Å². The second-order valence-electron chi connectivity index (χ2n) is 3.94. The molecule has 0 aliphatic carbocycles. The first-order chi connectivity index (χ1) is 8.83. The molecule has 0 aliphatic rings. The third-order valence-electron chi connectivity index (χ3n) is 2.63. The number of anilines is 1. The van der Waals surface area contributed by atoms with Gasteiger partial charge in [-0.1, -0.05) is 0 Å². The standard InChI is InChI=1S/C13H18N4O/c1-18-13-5-3-12(4-6-13)17-10-11(9-16-17)15-8-2-7-14/h3-6,9-10,15H,2,7-8,14H2,1H3. The van der Waals surface area contributed by atoms with Gasteiger partial charge in [0.05, 0.1) is 30.9 Å². The summed E-state index contributed by atoms with van der Waals surface area (Å²) < 4.78 is 6.95. The molecule has 1 heterocycles. The molecule has 2 rings (SSSR count). The average Bonchev–Trinajstić information content (AvgIpc) is 2.88. The van der Waals surface area contributed by atoms with Crippen molar-refractivity contribution >= 4 is 5.69 Å². The molecule has 0 amide bonds. The Labute approximate surface area is 107 Å². The van der Waals surface area contributed by atoms with E-state index in [2.05, 4.69) is 10.4 Å². The van der Waals surface area contributed by atoms with Gasteiger partial charge in [0.15, 0.2) is 0 Å². The first-order valence-electron chi connectivity index (χ1n) is 5.96. The average molecular weight is 246 g/mol. The van der Waals surface area contributed by atoms with Crippen molar-refractivity contribution < 1.29 is 4.74 Å². The van der Waals surface area contributed by atoms with Crippen molar-refractivity contribution in [3.8, 4) is 11.4 Å². The van der Waals surface area contributed by atoms with E-state index in [1.54, 1.807) is 13.3 Å². The van der Waals surface area contributed by atoms with Gasteiger partial charge in [-0.25, -0.2) is 4.68 Å². The number of hydrogen-bond donors (Lipinski definition) is 2. The molecule has 3 N–H and O–H groups in total. The van der Waals surface area contributed by atoms with Gasteiger partial charge >= 0.3 is 0 Å². The summed E-state index contributed by atoms with van der Waals surface area (Å²) in [6, 6.07) is 7.77. The lowest BCUT2D eigenvalue weighted by Crippen LogP contribution is -2.07. The van der Waals surface area contributed by atoms with Gasteiger partial charge in [-0.3, -0.25) is 0 Å². The van der Waals surface area contributed by atoms with E-state index in [9.17, 15) is 0 Å². The molecule has 0 unspecified atom stereocenters. The first-order valence-corrected chi connectivity index (χ1v) is 5.96. The second kappa shape index (κ2) is 6.07. The molecule has 96 valence electrons. The normalized spacial score (nSPS) is 10.3. The Morgan fingerprint density at radius 2 is 2.11 bits per heavy atom. The summed E-state index contributed by atoms with van der Waals surface area (Å²) in [5.41, 5.74) is 7.45. The fourth-order valence-electron chi connectivity index (χ4n) is 1.63. The number of nitrogens with two attached hydrogens (primary N) is 1. The first kappa shape index (κ1) is 12.4. The molecular formula is C13H18N4O. The molecule has 18 heavy (non-hydrogen) atoms. The number of nitrogens with zero attached hydrogens (tertiary/aromatic N) is 2. The summed E-state index contributed by atoms with van der Waals surface area (Å²) in [6.07, 6.45) is 4.72. The van der Waals surface area contributed by atoms with E-state index in [1.807, 2.05) is 35.1 Å². The van der Waals surface area contributed by atoms with Crippen LogP contribution in [-0.2, 0) is 0 Å². The molecule has 1 aromatic carbocycles. The van der Waals surface area contributed by atoms with Gasteiger partial charge in [0, 0.05) is 6.54 Å². The highest BCUT2D eigenvalue weighted by Crippen LogP contribution is 2.16. The Morgan fingerprint density at radius 1 is 1.33 bits per heavy atom. The molecule has 5 nitrogen and oxygen atoms in total. The zero-order valence-corrected chi connectivity index (χ0v) is 10.5. The van der Waals surface area contributed by atoms with Crippen molar-refractivity contribution in [1.82, 2.24) is 9.78 Å². The fourth-order valence-corrected chi connectivity index (χ4v) is 1.63. The minimum absolute atomic E-state index is 0.694. The van der Waals surface area contributed by atoms with Gasteiger partial charge in [-0.15, -0.1) is 0 Å². The molecule has 0 radical (unpaired) electrons. The highest BCUT2D eigenvalue weighted by Gasteiger charge is 2.00. The number of ether oxygens (including phenoxy) is 1. The number of aromatic nitrogens is 2. The molecule has 5 heteroatoms.